The Morgan fingerprint density at radius 1 is 1.43 bits per heavy atom. The Hall–Kier alpha value is -0.830. The average molecular weight is 195 g/mol. The van der Waals surface area contributed by atoms with Crippen molar-refractivity contribution in [1.29, 1.82) is 0 Å². The first kappa shape index (κ1) is 11.2. The van der Waals surface area contributed by atoms with Crippen molar-refractivity contribution in [3.63, 3.8) is 0 Å². The predicted octanol–water partition coefficient (Wildman–Crippen LogP) is 2.34. The van der Waals surface area contributed by atoms with Gasteiger partial charge in [-0.3, -0.25) is 4.68 Å². The van der Waals surface area contributed by atoms with Crippen molar-refractivity contribution in [2.75, 3.05) is 0 Å². The van der Waals surface area contributed by atoms with Crippen LogP contribution in [0.15, 0.2) is 12.4 Å². The van der Waals surface area contributed by atoms with E-state index in [4.69, 9.17) is 5.73 Å². The van der Waals surface area contributed by atoms with Gasteiger partial charge in [0.15, 0.2) is 0 Å². The monoisotopic (exact) mass is 195 g/mol. The second-order valence-corrected chi connectivity index (χ2v) is 3.97. The van der Waals surface area contributed by atoms with E-state index in [0.717, 1.165) is 18.0 Å². The quantitative estimate of drug-likeness (QED) is 0.783. The molecule has 3 heteroatoms. The zero-order valence-electron chi connectivity index (χ0n) is 9.40. The number of hydrogen-bond acceptors (Lipinski definition) is 2. The zero-order chi connectivity index (χ0) is 10.6. The summed E-state index contributed by atoms with van der Waals surface area (Å²) in [6, 6.07) is 0.0884. The number of aromatic nitrogens is 2. The van der Waals surface area contributed by atoms with Crippen molar-refractivity contribution >= 4 is 0 Å². The zero-order valence-corrected chi connectivity index (χ0v) is 9.40. The molecule has 0 bridgehead atoms. The third kappa shape index (κ3) is 2.84. The van der Waals surface area contributed by atoms with Crippen LogP contribution >= 0.6 is 0 Å². The van der Waals surface area contributed by atoms with E-state index >= 15 is 0 Å². The molecular weight excluding hydrogens is 174 g/mol. The summed E-state index contributed by atoms with van der Waals surface area (Å²) < 4.78 is 2.01. The van der Waals surface area contributed by atoms with Crippen LogP contribution in [0.3, 0.4) is 0 Å². The van der Waals surface area contributed by atoms with E-state index in [0.29, 0.717) is 0 Å². The summed E-state index contributed by atoms with van der Waals surface area (Å²) in [6.07, 6.45) is 6.35. The van der Waals surface area contributed by atoms with Gasteiger partial charge in [-0.25, -0.2) is 0 Å². The third-order valence-electron chi connectivity index (χ3n) is 2.78. The molecule has 14 heavy (non-hydrogen) atoms. The summed E-state index contributed by atoms with van der Waals surface area (Å²) in [4.78, 5) is 0. The maximum atomic E-state index is 5.77. The summed E-state index contributed by atoms with van der Waals surface area (Å²) in [7, 11) is 0. The summed E-state index contributed by atoms with van der Waals surface area (Å²) in [6.45, 7) is 7.45. The Balaban J connectivity index is 2.58. The Labute approximate surface area is 86.3 Å². The van der Waals surface area contributed by atoms with E-state index in [9.17, 15) is 0 Å². The molecule has 0 spiro atoms. The molecule has 0 radical (unpaired) electrons. The molecule has 80 valence electrons. The minimum Gasteiger partial charge on any atom is -0.324 e. The Morgan fingerprint density at radius 3 is 2.50 bits per heavy atom. The van der Waals surface area contributed by atoms with Gasteiger partial charge in [0.2, 0.25) is 0 Å². The minimum atomic E-state index is 0.0884. The van der Waals surface area contributed by atoms with E-state index in [1.165, 1.54) is 12.8 Å². The van der Waals surface area contributed by atoms with Gasteiger partial charge in [-0.15, -0.1) is 0 Å². The molecule has 2 N–H and O–H groups in total. The molecule has 1 aromatic heterocycles. The topological polar surface area (TPSA) is 43.8 Å². The van der Waals surface area contributed by atoms with Gasteiger partial charge in [0.25, 0.3) is 0 Å². The molecule has 0 aliphatic carbocycles. The first-order valence-corrected chi connectivity index (χ1v) is 5.45. The van der Waals surface area contributed by atoms with Crippen molar-refractivity contribution in [1.82, 2.24) is 9.78 Å². The van der Waals surface area contributed by atoms with Crippen LogP contribution < -0.4 is 5.73 Å². The maximum absolute atomic E-state index is 5.77. The normalized spacial score (nSPS) is 13.5. The lowest BCUT2D eigenvalue weighted by Crippen LogP contribution is -2.09. The van der Waals surface area contributed by atoms with Gasteiger partial charge in [-0.1, -0.05) is 26.7 Å². The van der Waals surface area contributed by atoms with Crippen LogP contribution in [-0.2, 0) is 6.54 Å². The highest BCUT2D eigenvalue weighted by Crippen LogP contribution is 2.12. The average Bonchev–Trinajstić information content (AvgIpc) is 2.62. The fourth-order valence-electron chi connectivity index (χ4n) is 1.53. The standard InChI is InChI=1S/C11H21N3/c1-4-10(5-2)7-14-8-11(6-13-14)9(3)12/h6,8-10H,4-5,7,12H2,1-3H3. The summed E-state index contributed by atoms with van der Waals surface area (Å²) in [5.74, 6) is 0.732. The molecule has 1 atom stereocenters. The fraction of sp³-hybridized carbons (Fsp3) is 0.727. The van der Waals surface area contributed by atoms with E-state index in [2.05, 4.69) is 25.1 Å². The van der Waals surface area contributed by atoms with E-state index in [1.807, 2.05) is 17.8 Å². The van der Waals surface area contributed by atoms with Crippen LogP contribution in [0.2, 0.25) is 0 Å². The van der Waals surface area contributed by atoms with Crippen LogP contribution in [0.1, 0.15) is 45.2 Å². The molecule has 0 fully saturated rings. The van der Waals surface area contributed by atoms with Crippen LogP contribution in [0.5, 0.6) is 0 Å². The van der Waals surface area contributed by atoms with E-state index in [1.54, 1.807) is 0 Å². The van der Waals surface area contributed by atoms with Crippen molar-refractivity contribution in [2.45, 2.75) is 46.2 Å². The van der Waals surface area contributed by atoms with Crippen molar-refractivity contribution in [3.8, 4) is 0 Å². The highest BCUT2D eigenvalue weighted by Gasteiger charge is 2.07. The van der Waals surface area contributed by atoms with Gasteiger partial charge < -0.3 is 5.73 Å². The first-order chi connectivity index (χ1) is 6.67. The van der Waals surface area contributed by atoms with Crippen LogP contribution in [0.4, 0.5) is 0 Å². The molecule has 0 saturated heterocycles. The van der Waals surface area contributed by atoms with Crippen LogP contribution in [0, 0.1) is 5.92 Å². The predicted molar refractivity (Wildman–Crippen MR) is 58.9 cm³/mol. The van der Waals surface area contributed by atoms with E-state index < -0.39 is 0 Å². The van der Waals surface area contributed by atoms with Gasteiger partial charge in [-0.05, 0) is 12.8 Å². The Morgan fingerprint density at radius 2 is 2.07 bits per heavy atom. The molecule has 0 aromatic carbocycles. The minimum absolute atomic E-state index is 0.0884. The van der Waals surface area contributed by atoms with Gasteiger partial charge >= 0.3 is 0 Å². The molecule has 0 saturated carbocycles. The second-order valence-electron chi connectivity index (χ2n) is 3.97. The van der Waals surface area contributed by atoms with Gasteiger partial charge in [-0.2, -0.15) is 5.10 Å². The molecule has 1 unspecified atom stereocenters. The number of hydrogen-bond donors (Lipinski definition) is 1. The summed E-state index contributed by atoms with van der Waals surface area (Å²) in [5, 5.41) is 4.31. The van der Waals surface area contributed by atoms with Crippen molar-refractivity contribution in [3.05, 3.63) is 18.0 Å². The maximum Gasteiger partial charge on any atom is 0.0537 e. The van der Waals surface area contributed by atoms with Crippen LogP contribution in [-0.4, -0.2) is 9.78 Å². The van der Waals surface area contributed by atoms with Crippen molar-refractivity contribution < 1.29 is 0 Å². The summed E-state index contributed by atoms with van der Waals surface area (Å²) >= 11 is 0. The molecule has 0 aliphatic heterocycles. The lowest BCUT2D eigenvalue weighted by atomic mass is 10.0. The molecule has 1 rings (SSSR count). The largest absolute Gasteiger partial charge is 0.324 e. The van der Waals surface area contributed by atoms with Gasteiger partial charge in [0.1, 0.15) is 0 Å². The molecule has 0 amide bonds. The third-order valence-corrected chi connectivity index (χ3v) is 2.78. The molecule has 1 aromatic rings. The number of nitrogens with zero attached hydrogens (tertiary/aromatic N) is 2. The smallest absolute Gasteiger partial charge is 0.0537 e. The Kier molecular flexibility index (Phi) is 4.14. The lowest BCUT2D eigenvalue weighted by Gasteiger charge is -2.11. The van der Waals surface area contributed by atoms with E-state index in [-0.39, 0.29) is 6.04 Å². The van der Waals surface area contributed by atoms with Gasteiger partial charge in [0, 0.05) is 24.3 Å². The highest BCUT2D eigenvalue weighted by molar-refractivity contribution is 5.08. The fourth-order valence-corrected chi connectivity index (χ4v) is 1.53. The number of nitrogens with two attached hydrogens (primary N) is 1. The lowest BCUT2D eigenvalue weighted by molar-refractivity contribution is 0.395. The molecular formula is C11H21N3. The van der Waals surface area contributed by atoms with Crippen molar-refractivity contribution in [2.24, 2.45) is 11.7 Å². The van der Waals surface area contributed by atoms with Crippen LogP contribution in [0.25, 0.3) is 0 Å². The first-order valence-electron chi connectivity index (χ1n) is 5.45. The Bertz CT molecular complexity index is 261. The summed E-state index contributed by atoms with van der Waals surface area (Å²) in [5.41, 5.74) is 6.89. The molecule has 3 nitrogen and oxygen atoms in total. The second kappa shape index (κ2) is 5.15. The molecule has 0 aliphatic rings. The van der Waals surface area contributed by atoms with Gasteiger partial charge in [0.05, 0.1) is 6.20 Å². The number of rotatable bonds is 5. The molecule has 1 heterocycles. The highest BCUT2D eigenvalue weighted by atomic mass is 15.3. The SMILES string of the molecule is CCC(CC)Cn1cc(C(C)N)cn1.